The number of anilines is 1. The van der Waals surface area contributed by atoms with Crippen molar-refractivity contribution in [2.24, 2.45) is 11.8 Å². The number of benzene rings is 2. The van der Waals surface area contributed by atoms with Crippen molar-refractivity contribution in [2.45, 2.75) is 9.79 Å². The summed E-state index contributed by atoms with van der Waals surface area (Å²) in [6.07, 6.45) is 1.45. The standard InChI is InChI=1S/C21H21N3O2S/c25-27(26,19-4-2-1-3-5-19)20-9-15-8-18(6-7-21(15)23-12-20)24-13-16-10-22-11-17(16)14-24/h1-9,12,16-17,22H,10-11,13-14H2. The minimum Gasteiger partial charge on any atom is -0.371 e. The number of fused-ring (bicyclic) bond motifs is 2. The maximum absolute atomic E-state index is 12.9. The molecule has 5 rings (SSSR count). The van der Waals surface area contributed by atoms with Gasteiger partial charge in [0.1, 0.15) is 0 Å². The van der Waals surface area contributed by atoms with Crippen molar-refractivity contribution in [3.63, 3.8) is 0 Å². The maximum atomic E-state index is 12.9. The first-order valence-corrected chi connectivity index (χ1v) is 10.8. The highest BCUT2D eigenvalue weighted by atomic mass is 32.2. The number of aromatic nitrogens is 1. The minimum absolute atomic E-state index is 0.237. The van der Waals surface area contributed by atoms with Gasteiger partial charge < -0.3 is 10.2 Å². The number of hydrogen-bond acceptors (Lipinski definition) is 5. The first-order chi connectivity index (χ1) is 13.1. The van der Waals surface area contributed by atoms with Gasteiger partial charge in [-0.1, -0.05) is 18.2 Å². The Morgan fingerprint density at radius 3 is 2.41 bits per heavy atom. The fourth-order valence-corrected chi connectivity index (χ4v) is 5.51. The zero-order valence-corrected chi connectivity index (χ0v) is 15.7. The van der Waals surface area contributed by atoms with Crippen LogP contribution in [0.15, 0.2) is 70.6 Å². The maximum Gasteiger partial charge on any atom is 0.208 e. The van der Waals surface area contributed by atoms with E-state index in [1.54, 1.807) is 30.3 Å². The van der Waals surface area contributed by atoms with Gasteiger partial charge in [-0.2, -0.15) is 0 Å². The number of rotatable bonds is 3. The molecule has 5 nitrogen and oxygen atoms in total. The Labute approximate surface area is 159 Å². The third-order valence-corrected chi connectivity index (χ3v) is 7.49. The molecule has 2 saturated heterocycles. The molecule has 2 unspecified atom stereocenters. The van der Waals surface area contributed by atoms with Gasteiger partial charge in [-0.05, 0) is 48.2 Å². The summed E-state index contributed by atoms with van der Waals surface area (Å²) < 4.78 is 25.8. The molecular weight excluding hydrogens is 358 g/mol. The van der Waals surface area contributed by atoms with Crippen molar-refractivity contribution in [2.75, 3.05) is 31.1 Å². The summed E-state index contributed by atoms with van der Waals surface area (Å²) in [6.45, 7) is 4.29. The average Bonchev–Trinajstić information content (AvgIpc) is 3.30. The predicted octanol–water partition coefficient (Wildman–Crippen LogP) is 2.72. The lowest BCUT2D eigenvalue weighted by Gasteiger charge is -2.20. The summed E-state index contributed by atoms with van der Waals surface area (Å²) >= 11 is 0. The molecule has 2 fully saturated rings. The Kier molecular flexibility index (Phi) is 3.91. The number of nitrogens with one attached hydrogen (secondary N) is 1. The van der Waals surface area contributed by atoms with Crippen LogP contribution < -0.4 is 10.2 Å². The van der Waals surface area contributed by atoms with Crippen molar-refractivity contribution >= 4 is 26.4 Å². The van der Waals surface area contributed by atoms with E-state index in [1.807, 2.05) is 12.1 Å². The number of nitrogens with zero attached hydrogens (tertiary/aromatic N) is 2. The van der Waals surface area contributed by atoms with E-state index in [1.165, 1.54) is 6.20 Å². The number of hydrogen-bond donors (Lipinski definition) is 1. The molecule has 3 aromatic rings. The molecule has 27 heavy (non-hydrogen) atoms. The molecule has 0 bridgehead atoms. The number of sulfone groups is 1. The van der Waals surface area contributed by atoms with Crippen molar-refractivity contribution < 1.29 is 8.42 Å². The van der Waals surface area contributed by atoms with Crippen LogP contribution in [0.3, 0.4) is 0 Å². The Balaban J connectivity index is 1.52. The average molecular weight is 379 g/mol. The van der Waals surface area contributed by atoms with E-state index >= 15 is 0 Å². The monoisotopic (exact) mass is 379 g/mol. The second-order valence-corrected chi connectivity index (χ2v) is 9.40. The van der Waals surface area contributed by atoms with Gasteiger partial charge in [-0.25, -0.2) is 8.42 Å². The van der Waals surface area contributed by atoms with Crippen LogP contribution in [-0.4, -0.2) is 39.6 Å². The Morgan fingerprint density at radius 2 is 1.67 bits per heavy atom. The fraction of sp³-hybridized carbons (Fsp3) is 0.286. The summed E-state index contributed by atoms with van der Waals surface area (Å²) in [5.74, 6) is 1.42. The van der Waals surface area contributed by atoms with Gasteiger partial charge in [0.05, 0.1) is 15.3 Å². The smallest absolute Gasteiger partial charge is 0.208 e. The normalized spacial score (nSPS) is 22.3. The van der Waals surface area contributed by atoms with Crippen LogP contribution in [-0.2, 0) is 9.84 Å². The van der Waals surface area contributed by atoms with Crippen LogP contribution in [0.2, 0.25) is 0 Å². The van der Waals surface area contributed by atoms with Crippen LogP contribution >= 0.6 is 0 Å². The molecule has 3 heterocycles. The van der Waals surface area contributed by atoms with Crippen LogP contribution in [0.1, 0.15) is 0 Å². The predicted molar refractivity (Wildman–Crippen MR) is 106 cm³/mol. The molecule has 2 aliphatic rings. The molecule has 0 aliphatic carbocycles. The second kappa shape index (κ2) is 6.32. The van der Waals surface area contributed by atoms with Crippen LogP contribution in [0.4, 0.5) is 5.69 Å². The first kappa shape index (κ1) is 16.7. The molecule has 1 N–H and O–H groups in total. The van der Waals surface area contributed by atoms with Crippen LogP contribution in [0, 0.1) is 11.8 Å². The zero-order chi connectivity index (χ0) is 18.4. The summed E-state index contributed by atoms with van der Waals surface area (Å²) in [6, 6.07) is 16.4. The van der Waals surface area contributed by atoms with Gasteiger partial charge in [-0.15, -0.1) is 0 Å². The third-order valence-electron chi connectivity index (χ3n) is 5.76. The highest BCUT2D eigenvalue weighted by Crippen LogP contribution is 2.32. The lowest BCUT2D eigenvalue weighted by molar-refractivity contribution is 0.533. The largest absolute Gasteiger partial charge is 0.371 e. The topological polar surface area (TPSA) is 62.3 Å². The molecule has 138 valence electrons. The first-order valence-electron chi connectivity index (χ1n) is 9.27. The van der Waals surface area contributed by atoms with Gasteiger partial charge in [0.25, 0.3) is 0 Å². The molecule has 0 amide bonds. The van der Waals surface area contributed by atoms with E-state index in [0.717, 1.165) is 42.8 Å². The molecule has 2 aromatic carbocycles. The molecular formula is C21H21N3O2S. The Hall–Kier alpha value is -2.44. The van der Waals surface area contributed by atoms with E-state index in [4.69, 9.17) is 0 Å². The Morgan fingerprint density at radius 1 is 0.926 bits per heavy atom. The Bertz CT molecular complexity index is 1090. The zero-order valence-electron chi connectivity index (χ0n) is 14.9. The van der Waals surface area contributed by atoms with Gasteiger partial charge in [-0.3, -0.25) is 4.98 Å². The van der Waals surface area contributed by atoms with E-state index in [2.05, 4.69) is 27.3 Å². The molecule has 0 saturated carbocycles. The quantitative estimate of drug-likeness (QED) is 0.758. The number of pyridine rings is 1. The van der Waals surface area contributed by atoms with Crippen LogP contribution in [0.5, 0.6) is 0 Å². The minimum atomic E-state index is -3.56. The third kappa shape index (κ3) is 2.89. The van der Waals surface area contributed by atoms with E-state index < -0.39 is 9.84 Å². The molecule has 0 radical (unpaired) electrons. The van der Waals surface area contributed by atoms with E-state index in [9.17, 15) is 8.42 Å². The second-order valence-electron chi connectivity index (χ2n) is 7.45. The summed E-state index contributed by atoms with van der Waals surface area (Å²) in [5, 5.41) is 4.32. The van der Waals surface area contributed by atoms with Crippen molar-refractivity contribution in [1.29, 1.82) is 0 Å². The molecule has 2 atom stereocenters. The SMILES string of the molecule is O=S(=O)(c1ccccc1)c1cnc2ccc(N3CC4CNCC4C3)cc2c1. The van der Waals surface area contributed by atoms with Crippen LogP contribution in [0.25, 0.3) is 10.9 Å². The van der Waals surface area contributed by atoms with Gasteiger partial charge >= 0.3 is 0 Å². The lowest BCUT2D eigenvalue weighted by Crippen LogP contribution is -2.25. The van der Waals surface area contributed by atoms with Gasteiger partial charge in [0.15, 0.2) is 0 Å². The van der Waals surface area contributed by atoms with Gasteiger partial charge in [0.2, 0.25) is 9.84 Å². The summed E-state index contributed by atoms with van der Waals surface area (Å²) in [5.41, 5.74) is 1.96. The summed E-state index contributed by atoms with van der Waals surface area (Å²) in [4.78, 5) is 7.33. The molecule has 0 spiro atoms. The highest BCUT2D eigenvalue weighted by molar-refractivity contribution is 7.91. The van der Waals surface area contributed by atoms with E-state index in [0.29, 0.717) is 16.7 Å². The van der Waals surface area contributed by atoms with Crippen molar-refractivity contribution in [1.82, 2.24) is 10.3 Å². The summed E-state index contributed by atoms with van der Waals surface area (Å²) in [7, 11) is -3.56. The molecule has 6 heteroatoms. The molecule has 2 aliphatic heterocycles. The van der Waals surface area contributed by atoms with Crippen molar-refractivity contribution in [3.8, 4) is 0 Å². The fourth-order valence-electron chi connectivity index (χ4n) is 4.24. The van der Waals surface area contributed by atoms with E-state index in [-0.39, 0.29) is 4.90 Å². The molecule has 1 aromatic heterocycles. The lowest BCUT2D eigenvalue weighted by atomic mass is 10.0. The van der Waals surface area contributed by atoms with Crippen molar-refractivity contribution in [3.05, 3.63) is 60.8 Å². The van der Waals surface area contributed by atoms with Gasteiger partial charge in [0, 0.05) is 43.4 Å². The highest BCUT2D eigenvalue weighted by Gasteiger charge is 2.36.